The van der Waals surface area contributed by atoms with E-state index >= 15 is 0 Å². The Morgan fingerprint density at radius 3 is 2.70 bits per heavy atom. The molecule has 2 saturated carbocycles. The Hall–Kier alpha value is -1.52. The average Bonchev–Trinajstić information content (AvgIpc) is 3.09. The van der Waals surface area contributed by atoms with Gasteiger partial charge in [0.05, 0.1) is 5.69 Å². The maximum Gasteiger partial charge on any atom is 0.410 e. The molecule has 3 aliphatic rings. The number of hydrogen-bond donors (Lipinski definition) is 1. The second-order valence-electron chi connectivity index (χ2n) is 8.91. The summed E-state index contributed by atoms with van der Waals surface area (Å²) in [5, 5.41) is 7.64. The molecule has 3 fully saturated rings. The van der Waals surface area contributed by atoms with Crippen LogP contribution >= 0.6 is 0 Å². The van der Waals surface area contributed by atoms with Gasteiger partial charge < -0.3 is 9.64 Å². The number of nitrogens with zero attached hydrogens (tertiary/aromatic N) is 2. The van der Waals surface area contributed by atoms with Gasteiger partial charge in [0.1, 0.15) is 5.60 Å². The van der Waals surface area contributed by atoms with Gasteiger partial charge in [0, 0.05) is 30.1 Å². The molecule has 23 heavy (non-hydrogen) atoms. The molecule has 0 atom stereocenters. The quantitative estimate of drug-likeness (QED) is 0.928. The molecule has 2 heterocycles. The molecule has 0 radical (unpaired) electrons. The number of likely N-dealkylation sites (tertiary alicyclic amines) is 1. The first-order valence-corrected chi connectivity index (χ1v) is 8.84. The number of aromatic amines is 1. The molecule has 1 N–H and O–H groups in total. The van der Waals surface area contributed by atoms with Gasteiger partial charge in [-0.3, -0.25) is 5.10 Å². The molecule has 1 aromatic heterocycles. The Morgan fingerprint density at radius 1 is 1.39 bits per heavy atom. The number of hydrogen-bond acceptors (Lipinski definition) is 3. The van der Waals surface area contributed by atoms with Gasteiger partial charge in [0.25, 0.3) is 0 Å². The molecule has 1 saturated heterocycles. The second-order valence-corrected chi connectivity index (χ2v) is 8.91. The molecule has 0 aromatic carbocycles. The zero-order chi connectivity index (χ0) is 16.2. The lowest BCUT2D eigenvalue weighted by Crippen LogP contribution is -2.64. The highest BCUT2D eigenvalue weighted by molar-refractivity contribution is 5.69. The number of H-pyrrole nitrogens is 1. The maximum absolute atomic E-state index is 12.0. The van der Waals surface area contributed by atoms with Crippen molar-refractivity contribution in [3.05, 3.63) is 17.5 Å². The SMILES string of the molecule is CC(C)(C)OC(=O)N1CC2(CC(Cc3cc(C4CC4)n[nH]3)C2)C1. The Labute approximate surface area is 137 Å². The molecular weight excluding hydrogens is 290 g/mol. The van der Waals surface area contributed by atoms with Crippen LogP contribution in [0.2, 0.25) is 0 Å². The van der Waals surface area contributed by atoms with Crippen molar-refractivity contribution in [3.63, 3.8) is 0 Å². The minimum absolute atomic E-state index is 0.158. The topological polar surface area (TPSA) is 58.2 Å². The van der Waals surface area contributed by atoms with E-state index in [9.17, 15) is 4.79 Å². The highest BCUT2D eigenvalue weighted by Crippen LogP contribution is 2.53. The fraction of sp³-hybridized carbons (Fsp3) is 0.778. The van der Waals surface area contributed by atoms with E-state index in [1.54, 1.807) is 0 Å². The van der Waals surface area contributed by atoms with Crippen LogP contribution in [-0.4, -0.2) is 39.9 Å². The molecular formula is C18H27N3O2. The van der Waals surface area contributed by atoms with Crippen molar-refractivity contribution < 1.29 is 9.53 Å². The molecule has 2 aliphatic carbocycles. The molecule has 5 heteroatoms. The number of ether oxygens (including phenoxy) is 1. The summed E-state index contributed by atoms with van der Waals surface area (Å²) in [7, 11) is 0. The van der Waals surface area contributed by atoms with Crippen molar-refractivity contribution in [2.75, 3.05) is 13.1 Å². The summed E-state index contributed by atoms with van der Waals surface area (Å²) in [5.74, 6) is 1.46. The first-order chi connectivity index (χ1) is 10.8. The molecule has 1 aromatic rings. The summed E-state index contributed by atoms with van der Waals surface area (Å²) in [4.78, 5) is 13.9. The Kier molecular flexibility index (Phi) is 3.26. The lowest BCUT2D eigenvalue weighted by Gasteiger charge is -2.58. The van der Waals surface area contributed by atoms with Gasteiger partial charge in [-0.15, -0.1) is 0 Å². The fourth-order valence-corrected chi connectivity index (χ4v) is 4.17. The van der Waals surface area contributed by atoms with E-state index in [0.29, 0.717) is 5.41 Å². The predicted molar refractivity (Wildman–Crippen MR) is 87.2 cm³/mol. The van der Waals surface area contributed by atoms with E-state index in [4.69, 9.17) is 4.74 Å². The van der Waals surface area contributed by atoms with Crippen molar-refractivity contribution in [1.82, 2.24) is 15.1 Å². The van der Waals surface area contributed by atoms with Gasteiger partial charge in [0.15, 0.2) is 0 Å². The number of amides is 1. The molecule has 1 aliphatic heterocycles. The van der Waals surface area contributed by atoms with Crippen molar-refractivity contribution in [2.24, 2.45) is 11.3 Å². The van der Waals surface area contributed by atoms with Gasteiger partial charge in [0.2, 0.25) is 0 Å². The molecule has 4 rings (SSSR count). The van der Waals surface area contributed by atoms with Crippen LogP contribution in [0.15, 0.2) is 6.07 Å². The first-order valence-electron chi connectivity index (χ1n) is 8.84. The highest BCUT2D eigenvalue weighted by Gasteiger charge is 2.54. The van der Waals surface area contributed by atoms with Crippen LogP contribution in [0.4, 0.5) is 4.79 Å². The molecule has 126 valence electrons. The predicted octanol–water partition coefficient (Wildman–Crippen LogP) is 3.48. The molecule has 0 unspecified atom stereocenters. The number of carbonyl (C=O) groups excluding carboxylic acids is 1. The minimum atomic E-state index is -0.401. The smallest absolute Gasteiger partial charge is 0.410 e. The highest BCUT2D eigenvalue weighted by atomic mass is 16.6. The van der Waals surface area contributed by atoms with Crippen LogP contribution in [0.3, 0.4) is 0 Å². The lowest BCUT2D eigenvalue weighted by molar-refractivity contribution is -0.0949. The zero-order valence-corrected chi connectivity index (χ0v) is 14.4. The van der Waals surface area contributed by atoms with E-state index in [-0.39, 0.29) is 6.09 Å². The van der Waals surface area contributed by atoms with Crippen molar-refractivity contribution in [2.45, 2.75) is 64.4 Å². The van der Waals surface area contributed by atoms with E-state index in [1.165, 1.54) is 37.1 Å². The van der Waals surface area contributed by atoms with Gasteiger partial charge in [-0.05, 0) is 64.9 Å². The van der Waals surface area contributed by atoms with E-state index in [0.717, 1.165) is 31.3 Å². The van der Waals surface area contributed by atoms with Crippen molar-refractivity contribution >= 4 is 6.09 Å². The summed E-state index contributed by atoms with van der Waals surface area (Å²) in [5.41, 5.74) is 2.52. The summed E-state index contributed by atoms with van der Waals surface area (Å²) in [6, 6.07) is 2.26. The van der Waals surface area contributed by atoms with Gasteiger partial charge in [-0.2, -0.15) is 5.10 Å². The monoisotopic (exact) mass is 317 g/mol. The van der Waals surface area contributed by atoms with Crippen LogP contribution in [0.1, 0.15) is 63.8 Å². The number of aromatic nitrogens is 2. The summed E-state index contributed by atoms with van der Waals surface area (Å²) < 4.78 is 5.43. The van der Waals surface area contributed by atoms with E-state index in [2.05, 4.69) is 16.3 Å². The average molecular weight is 317 g/mol. The molecule has 5 nitrogen and oxygen atoms in total. The summed E-state index contributed by atoms with van der Waals surface area (Å²) in [6.45, 7) is 7.49. The van der Waals surface area contributed by atoms with E-state index < -0.39 is 5.60 Å². The van der Waals surface area contributed by atoms with E-state index in [1.807, 2.05) is 25.7 Å². The third-order valence-electron chi connectivity index (χ3n) is 5.30. The van der Waals surface area contributed by atoms with Crippen molar-refractivity contribution in [3.8, 4) is 0 Å². The van der Waals surface area contributed by atoms with Crippen molar-refractivity contribution in [1.29, 1.82) is 0 Å². The zero-order valence-electron chi connectivity index (χ0n) is 14.4. The fourth-order valence-electron chi connectivity index (χ4n) is 4.17. The van der Waals surface area contributed by atoms with Gasteiger partial charge >= 0.3 is 6.09 Å². The number of nitrogens with one attached hydrogen (secondary N) is 1. The number of carbonyl (C=O) groups is 1. The normalized spacial score (nSPS) is 23.5. The Balaban J connectivity index is 1.22. The minimum Gasteiger partial charge on any atom is -0.444 e. The van der Waals surface area contributed by atoms with Crippen LogP contribution in [0, 0.1) is 11.3 Å². The largest absolute Gasteiger partial charge is 0.444 e. The van der Waals surface area contributed by atoms with Gasteiger partial charge in [-0.25, -0.2) is 4.79 Å². The van der Waals surface area contributed by atoms with Crippen LogP contribution in [0.25, 0.3) is 0 Å². The standard InChI is InChI=1S/C18H27N3O2/c1-17(2,3)23-16(22)21-10-18(11-21)8-12(9-18)6-14-7-15(20-19-14)13-4-5-13/h7,12-13H,4-6,8-11H2,1-3H3,(H,19,20). The molecule has 1 amide bonds. The lowest BCUT2D eigenvalue weighted by atomic mass is 9.57. The second kappa shape index (κ2) is 4.99. The third-order valence-corrected chi connectivity index (χ3v) is 5.30. The molecule has 0 bridgehead atoms. The Bertz CT molecular complexity index is 598. The van der Waals surface area contributed by atoms with Gasteiger partial charge in [-0.1, -0.05) is 0 Å². The molecule has 1 spiro atoms. The number of rotatable bonds is 3. The summed E-state index contributed by atoms with van der Waals surface area (Å²) >= 11 is 0. The van der Waals surface area contributed by atoms with Crippen LogP contribution in [0.5, 0.6) is 0 Å². The third kappa shape index (κ3) is 3.10. The Morgan fingerprint density at radius 2 is 2.09 bits per heavy atom. The van der Waals surface area contributed by atoms with Crippen LogP contribution in [-0.2, 0) is 11.2 Å². The maximum atomic E-state index is 12.0. The van der Waals surface area contributed by atoms with Crippen LogP contribution < -0.4 is 0 Å². The first kappa shape index (κ1) is 15.0. The summed E-state index contributed by atoms with van der Waals surface area (Å²) in [6.07, 6.45) is 6.01.